The van der Waals surface area contributed by atoms with Gasteiger partial charge in [-0.2, -0.15) is 0 Å². The first-order valence-electron chi connectivity index (χ1n) is 25.1. The number of amides is 1. The summed E-state index contributed by atoms with van der Waals surface area (Å²) in [5, 5.41) is 23.6. The van der Waals surface area contributed by atoms with Crippen molar-refractivity contribution in [2.75, 3.05) is 6.61 Å². The van der Waals surface area contributed by atoms with E-state index in [-0.39, 0.29) is 24.9 Å². The van der Waals surface area contributed by atoms with Crippen molar-refractivity contribution in [2.24, 2.45) is 0 Å². The topological polar surface area (TPSA) is 95.9 Å². The smallest absolute Gasteiger partial charge is 0.306 e. The van der Waals surface area contributed by atoms with Crippen molar-refractivity contribution >= 4 is 11.9 Å². The number of carbonyl (C=O) groups excluding carboxylic acids is 2. The quantitative estimate of drug-likeness (QED) is 0.0324. The van der Waals surface area contributed by atoms with Crippen LogP contribution in [0, 0.1) is 0 Å². The Balaban J connectivity index is 4.58. The second-order valence-electron chi connectivity index (χ2n) is 17.2. The molecule has 0 aromatic heterocycles. The first-order chi connectivity index (χ1) is 28.0. The van der Waals surface area contributed by atoms with E-state index in [0.717, 1.165) is 64.2 Å². The van der Waals surface area contributed by atoms with Crippen molar-refractivity contribution in [1.29, 1.82) is 0 Å². The fourth-order valence-corrected chi connectivity index (χ4v) is 7.65. The fourth-order valence-electron chi connectivity index (χ4n) is 7.65. The number of aliphatic hydroxyl groups is 2. The number of nitrogens with one attached hydrogen (secondary N) is 1. The Morgan fingerprint density at radius 2 is 0.842 bits per heavy atom. The minimum atomic E-state index is -0.787. The van der Waals surface area contributed by atoms with E-state index in [1.54, 1.807) is 0 Å². The highest BCUT2D eigenvalue weighted by Crippen LogP contribution is 2.17. The van der Waals surface area contributed by atoms with E-state index >= 15 is 0 Å². The molecule has 0 fully saturated rings. The summed E-state index contributed by atoms with van der Waals surface area (Å²) < 4.78 is 5.92. The Labute approximate surface area is 354 Å². The lowest BCUT2D eigenvalue weighted by molar-refractivity contribution is -0.151. The maximum atomic E-state index is 13.1. The number of rotatable bonds is 45. The zero-order valence-corrected chi connectivity index (χ0v) is 38.2. The average Bonchev–Trinajstić information content (AvgIpc) is 3.20. The van der Waals surface area contributed by atoms with Crippen LogP contribution in [-0.4, -0.2) is 46.9 Å². The summed E-state index contributed by atoms with van der Waals surface area (Å²) in [6, 6.07) is -0.701. The third-order valence-corrected chi connectivity index (χ3v) is 11.5. The molecule has 3 unspecified atom stereocenters. The lowest BCUT2D eigenvalue weighted by Crippen LogP contribution is -2.46. The first-order valence-corrected chi connectivity index (χ1v) is 25.1. The summed E-state index contributed by atoms with van der Waals surface area (Å²) in [6.07, 6.45) is 50.9. The van der Waals surface area contributed by atoms with Crippen LogP contribution in [0.15, 0.2) is 24.3 Å². The van der Waals surface area contributed by atoms with Gasteiger partial charge in [0.1, 0.15) is 6.10 Å². The molecule has 57 heavy (non-hydrogen) atoms. The number of aliphatic hydroxyl groups excluding tert-OH is 2. The highest BCUT2D eigenvalue weighted by Gasteiger charge is 2.24. The van der Waals surface area contributed by atoms with Crippen LogP contribution in [-0.2, 0) is 14.3 Å². The molecule has 0 aliphatic rings. The Hall–Kier alpha value is -1.66. The van der Waals surface area contributed by atoms with Gasteiger partial charge in [-0.25, -0.2) is 0 Å². The molecule has 0 heterocycles. The number of esters is 1. The SMILES string of the molecule is CCCCCC/C=C\CCCCCCCCCC(=O)OC(CCCCC/C=C/CCCCCCCCC)CC(=O)NC(CO)C(O)CCCCCCCCCCC. The lowest BCUT2D eigenvalue weighted by atomic mass is 10.0. The Kier molecular flexibility index (Phi) is 44.1. The summed E-state index contributed by atoms with van der Waals surface area (Å²) >= 11 is 0. The number of unbranched alkanes of at least 4 members (excludes halogenated alkanes) is 29. The Morgan fingerprint density at radius 1 is 0.491 bits per heavy atom. The van der Waals surface area contributed by atoms with Gasteiger partial charge < -0.3 is 20.3 Å². The molecule has 6 nitrogen and oxygen atoms in total. The summed E-state index contributed by atoms with van der Waals surface area (Å²) in [7, 11) is 0. The van der Waals surface area contributed by atoms with Crippen molar-refractivity contribution < 1.29 is 24.5 Å². The largest absolute Gasteiger partial charge is 0.462 e. The average molecular weight is 804 g/mol. The molecule has 0 saturated carbocycles. The summed E-state index contributed by atoms with van der Waals surface area (Å²) in [4.78, 5) is 26.1. The Bertz CT molecular complexity index is 904. The number of carbonyl (C=O) groups is 2. The normalized spacial score (nSPS) is 13.4. The molecule has 0 aromatic carbocycles. The van der Waals surface area contributed by atoms with Gasteiger partial charge in [0, 0.05) is 6.42 Å². The van der Waals surface area contributed by atoms with E-state index < -0.39 is 18.2 Å². The van der Waals surface area contributed by atoms with Gasteiger partial charge in [-0.15, -0.1) is 0 Å². The maximum absolute atomic E-state index is 13.1. The molecule has 0 aliphatic heterocycles. The second-order valence-corrected chi connectivity index (χ2v) is 17.2. The van der Waals surface area contributed by atoms with Gasteiger partial charge in [-0.3, -0.25) is 9.59 Å². The molecular formula is C51H97NO5. The Morgan fingerprint density at radius 3 is 1.28 bits per heavy atom. The number of ether oxygens (including phenoxy) is 1. The highest BCUT2D eigenvalue weighted by atomic mass is 16.5. The molecule has 0 aromatic rings. The highest BCUT2D eigenvalue weighted by molar-refractivity contribution is 5.77. The molecular weight excluding hydrogens is 707 g/mol. The van der Waals surface area contributed by atoms with Crippen molar-refractivity contribution in [3.05, 3.63) is 24.3 Å². The van der Waals surface area contributed by atoms with Gasteiger partial charge in [0.05, 0.1) is 25.2 Å². The predicted octanol–water partition coefficient (Wildman–Crippen LogP) is 14.7. The number of hydrogen-bond donors (Lipinski definition) is 3. The number of allylic oxidation sites excluding steroid dienone is 4. The van der Waals surface area contributed by atoms with E-state index in [4.69, 9.17) is 4.74 Å². The van der Waals surface area contributed by atoms with Gasteiger partial charge in [0.2, 0.25) is 5.91 Å². The van der Waals surface area contributed by atoms with Crippen molar-refractivity contribution in [1.82, 2.24) is 5.32 Å². The van der Waals surface area contributed by atoms with E-state index in [2.05, 4.69) is 50.4 Å². The summed E-state index contributed by atoms with van der Waals surface area (Å²) in [5.74, 6) is -0.486. The second kappa shape index (κ2) is 45.4. The molecule has 0 radical (unpaired) electrons. The fraction of sp³-hybridized carbons (Fsp3) is 0.882. The van der Waals surface area contributed by atoms with Gasteiger partial charge in [-0.1, -0.05) is 199 Å². The van der Waals surface area contributed by atoms with Crippen LogP contribution in [0.4, 0.5) is 0 Å². The number of hydrogen-bond acceptors (Lipinski definition) is 5. The van der Waals surface area contributed by atoms with Gasteiger partial charge in [0.15, 0.2) is 0 Å². The minimum absolute atomic E-state index is 0.0688. The third-order valence-electron chi connectivity index (χ3n) is 11.5. The standard InChI is InChI=1S/C51H97NO5/c1-4-7-10-13-16-19-21-23-25-27-29-32-35-38-41-44-51(56)57-47(42-39-36-33-31-28-26-24-22-20-17-14-11-8-5-2)45-50(55)52-48(46-53)49(54)43-40-37-34-30-18-15-12-9-6-3/h19,21,26,28,47-49,53-54H,4-18,20,22-25,27,29-46H2,1-3H3,(H,52,55)/b21-19-,28-26+. The van der Waals surface area contributed by atoms with Crippen LogP contribution in [0.3, 0.4) is 0 Å². The van der Waals surface area contributed by atoms with Crippen LogP contribution in [0.5, 0.6) is 0 Å². The van der Waals surface area contributed by atoms with Crippen LogP contribution >= 0.6 is 0 Å². The van der Waals surface area contributed by atoms with Gasteiger partial charge >= 0.3 is 5.97 Å². The molecule has 1 amide bonds. The van der Waals surface area contributed by atoms with Crippen LogP contribution in [0.1, 0.15) is 265 Å². The summed E-state index contributed by atoms with van der Waals surface area (Å²) in [5.41, 5.74) is 0. The first kappa shape index (κ1) is 55.3. The maximum Gasteiger partial charge on any atom is 0.306 e. The van der Waals surface area contributed by atoms with E-state index in [1.807, 2.05) is 0 Å². The molecule has 0 spiro atoms. The van der Waals surface area contributed by atoms with E-state index in [9.17, 15) is 19.8 Å². The van der Waals surface area contributed by atoms with Gasteiger partial charge in [0.25, 0.3) is 0 Å². The summed E-state index contributed by atoms with van der Waals surface area (Å²) in [6.45, 7) is 6.45. The van der Waals surface area contributed by atoms with Gasteiger partial charge in [-0.05, 0) is 77.0 Å². The molecule has 3 atom stereocenters. The van der Waals surface area contributed by atoms with Crippen LogP contribution in [0.2, 0.25) is 0 Å². The van der Waals surface area contributed by atoms with Crippen molar-refractivity contribution in [3.63, 3.8) is 0 Å². The van der Waals surface area contributed by atoms with Crippen LogP contribution in [0.25, 0.3) is 0 Å². The monoisotopic (exact) mass is 804 g/mol. The molecule has 3 N–H and O–H groups in total. The molecule has 0 bridgehead atoms. The van der Waals surface area contributed by atoms with E-state index in [0.29, 0.717) is 19.3 Å². The zero-order valence-electron chi connectivity index (χ0n) is 38.2. The zero-order chi connectivity index (χ0) is 41.7. The van der Waals surface area contributed by atoms with E-state index in [1.165, 1.54) is 154 Å². The van der Waals surface area contributed by atoms with Crippen molar-refractivity contribution in [3.8, 4) is 0 Å². The van der Waals surface area contributed by atoms with Crippen LogP contribution < -0.4 is 5.32 Å². The predicted molar refractivity (Wildman–Crippen MR) is 246 cm³/mol. The molecule has 336 valence electrons. The third kappa shape index (κ3) is 40.9. The molecule has 0 aliphatic carbocycles. The molecule has 0 rings (SSSR count). The minimum Gasteiger partial charge on any atom is -0.462 e. The molecule has 0 saturated heterocycles. The lowest BCUT2D eigenvalue weighted by Gasteiger charge is -2.24. The van der Waals surface area contributed by atoms with Crippen molar-refractivity contribution in [2.45, 2.75) is 283 Å². The molecule has 6 heteroatoms.